The van der Waals surface area contributed by atoms with E-state index in [1.54, 1.807) is 6.92 Å². The number of aromatic hydroxyl groups is 1. The van der Waals surface area contributed by atoms with Crippen molar-refractivity contribution in [3.8, 4) is 17.6 Å². The van der Waals surface area contributed by atoms with Crippen molar-refractivity contribution in [1.82, 2.24) is 9.97 Å². The number of rotatable bonds is 4. The van der Waals surface area contributed by atoms with Crippen LogP contribution in [0.2, 0.25) is 0 Å². The van der Waals surface area contributed by atoms with Gasteiger partial charge in [0.2, 0.25) is 0 Å². The predicted molar refractivity (Wildman–Crippen MR) is 65.0 cm³/mol. The molecule has 3 rings (SSSR count). The largest absolute Gasteiger partial charge is 0.502 e. The molecule has 1 heterocycles. The number of aromatic nitrogens is 2. The van der Waals surface area contributed by atoms with Gasteiger partial charge in [-0.1, -0.05) is 0 Å². The van der Waals surface area contributed by atoms with Crippen LogP contribution in [0.1, 0.15) is 44.2 Å². The molecule has 0 bridgehead atoms. The topological polar surface area (TPSA) is 64.5 Å². The molecule has 0 spiro atoms. The Bertz CT molecular complexity index is 442. The molecule has 0 atom stereocenters. The zero-order chi connectivity index (χ0) is 12.5. The van der Waals surface area contributed by atoms with Gasteiger partial charge < -0.3 is 14.6 Å². The van der Waals surface area contributed by atoms with Crippen LogP contribution in [-0.4, -0.2) is 27.3 Å². The van der Waals surface area contributed by atoms with Crippen LogP contribution in [0, 0.1) is 6.92 Å². The highest BCUT2D eigenvalue weighted by atomic mass is 16.5. The molecule has 2 fully saturated rings. The van der Waals surface area contributed by atoms with Gasteiger partial charge in [0.25, 0.3) is 5.88 Å². The molecule has 5 heteroatoms. The van der Waals surface area contributed by atoms with Crippen LogP contribution in [0.25, 0.3) is 0 Å². The number of aryl methyl sites for hydroxylation is 1. The SMILES string of the molecule is Cc1nc(OC2CCC2)nc(OC2CCC2)c1O. The Morgan fingerprint density at radius 1 is 1.00 bits per heavy atom. The molecule has 0 saturated heterocycles. The first kappa shape index (κ1) is 11.6. The highest BCUT2D eigenvalue weighted by molar-refractivity contribution is 5.37. The second kappa shape index (κ2) is 4.63. The summed E-state index contributed by atoms with van der Waals surface area (Å²) in [5.41, 5.74) is 0.508. The fraction of sp³-hybridized carbons (Fsp3) is 0.692. The molecule has 0 aliphatic heterocycles. The van der Waals surface area contributed by atoms with Gasteiger partial charge in [0, 0.05) is 0 Å². The summed E-state index contributed by atoms with van der Waals surface area (Å²) < 4.78 is 11.3. The summed E-state index contributed by atoms with van der Waals surface area (Å²) >= 11 is 0. The summed E-state index contributed by atoms with van der Waals surface area (Å²) in [6, 6.07) is 0.323. The van der Waals surface area contributed by atoms with Crippen molar-refractivity contribution in [2.75, 3.05) is 0 Å². The molecule has 0 aromatic carbocycles. The molecular formula is C13H18N2O3. The van der Waals surface area contributed by atoms with Crippen molar-refractivity contribution < 1.29 is 14.6 Å². The van der Waals surface area contributed by atoms with Gasteiger partial charge in [-0.15, -0.1) is 0 Å². The molecule has 98 valence electrons. The minimum absolute atomic E-state index is 0.0304. The lowest BCUT2D eigenvalue weighted by Crippen LogP contribution is -2.27. The second-order valence-electron chi connectivity index (χ2n) is 5.09. The van der Waals surface area contributed by atoms with Crippen LogP contribution < -0.4 is 9.47 Å². The Labute approximate surface area is 106 Å². The number of hydrogen-bond donors (Lipinski definition) is 1. The highest BCUT2D eigenvalue weighted by Gasteiger charge is 2.25. The van der Waals surface area contributed by atoms with Gasteiger partial charge in [-0.25, -0.2) is 0 Å². The summed E-state index contributed by atoms with van der Waals surface area (Å²) in [6.45, 7) is 1.73. The maximum Gasteiger partial charge on any atom is 0.320 e. The van der Waals surface area contributed by atoms with E-state index in [-0.39, 0.29) is 23.8 Å². The molecular weight excluding hydrogens is 232 g/mol. The zero-order valence-corrected chi connectivity index (χ0v) is 10.6. The molecule has 0 amide bonds. The summed E-state index contributed by atoms with van der Waals surface area (Å²) in [6.07, 6.45) is 6.97. The van der Waals surface area contributed by atoms with Gasteiger partial charge in [0.1, 0.15) is 12.2 Å². The normalized spacial score (nSPS) is 20.1. The van der Waals surface area contributed by atoms with Crippen molar-refractivity contribution in [2.45, 2.75) is 57.7 Å². The van der Waals surface area contributed by atoms with E-state index < -0.39 is 0 Å². The smallest absolute Gasteiger partial charge is 0.320 e. The third-order valence-electron chi connectivity index (χ3n) is 3.66. The molecule has 1 aromatic rings. The number of nitrogens with zero attached hydrogens (tertiary/aromatic N) is 2. The average molecular weight is 250 g/mol. The van der Waals surface area contributed by atoms with Crippen molar-refractivity contribution in [3.63, 3.8) is 0 Å². The van der Waals surface area contributed by atoms with Gasteiger partial charge in [-0.3, -0.25) is 0 Å². The van der Waals surface area contributed by atoms with E-state index in [0.29, 0.717) is 11.7 Å². The Hall–Kier alpha value is -1.52. The lowest BCUT2D eigenvalue weighted by molar-refractivity contribution is 0.0932. The molecule has 2 saturated carbocycles. The molecule has 0 radical (unpaired) electrons. The third kappa shape index (κ3) is 2.21. The average Bonchev–Trinajstić information content (AvgIpc) is 2.23. The molecule has 2 aliphatic carbocycles. The Morgan fingerprint density at radius 3 is 2.17 bits per heavy atom. The van der Waals surface area contributed by atoms with E-state index in [9.17, 15) is 5.11 Å². The van der Waals surface area contributed by atoms with E-state index in [2.05, 4.69) is 9.97 Å². The fourth-order valence-corrected chi connectivity index (χ4v) is 1.94. The van der Waals surface area contributed by atoms with Crippen LogP contribution in [0.15, 0.2) is 0 Å². The first-order valence-electron chi connectivity index (χ1n) is 6.63. The molecule has 0 unspecified atom stereocenters. The Kier molecular flexibility index (Phi) is 2.97. The Morgan fingerprint density at radius 2 is 1.61 bits per heavy atom. The van der Waals surface area contributed by atoms with Crippen molar-refractivity contribution in [3.05, 3.63) is 5.69 Å². The molecule has 18 heavy (non-hydrogen) atoms. The fourth-order valence-electron chi connectivity index (χ4n) is 1.94. The van der Waals surface area contributed by atoms with Crippen LogP contribution in [0.3, 0.4) is 0 Å². The molecule has 1 aromatic heterocycles. The van der Waals surface area contributed by atoms with Crippen LogP contribution >= 0.6 is 0 Å². The standard InChI is InChI=1S/C13H18N2O3/c1-8-11(16)12(17-9-4-2-5-9)15-13(14-8)18-10-6-3-7-10/h9-10,16H,2-7H2,1H3. The molecule has 2 aliphatic rings. The molecule has 1 N–H and O–H groups in total. The highest BCUT2D eigenvalue weighted by Crippen LogP contribution is 2.33. The number of hydrogen-bond acceptors (Lipinski definition) is 5. The van der Waals surface area contributed by atoms with E-state index in [1.165, 1.54) is 12.8 Å². The monoisotopic (exact) mass is 250 g/mol. The van der Waals surface area contributed by atoms with Crippen LogP contribution in [0.5, 0.6) is 17.6 Å². The van der Waals surface area contributed by atoms with Crippen LogP contribution in [-0.2, 0) is 0 Å². The van der Waals surface area contributed by atoms with Gasteiger partial charge in [-0.05, 0) is 45.4 Å². The predicted octanol–water partition coefficient (Wildman–Crippen LogP) is 2.35. The van der Waals surface area contributed by atoms with Gasteiger partial charge >= 0.3 is 6.01 Å². The van der Waals surface area contributed by atoms with Crippen molar-refractivity contribution in [2.24, 2.45) is 0 Å². The lowest BCUT2D eigenvalue weighted by Gasteiger charge is -2.27. The first-order valence-corrected chi connectivity index (χ1v) is 6.63. The third-order valence-corrected chi connectivity index (χ3v) is 3.66. The molecule has 5 nitrogen and oxygen atoms in total. The summed E-state index contributed by atoms with van der Waals surface area (Å²) in [5.74, 6) is 0.296. The maximum atomic E-state index is 9.89. The zero-order valence-electron chi connectivity index (χ0n) is 10.6. The van der Waals surface area contributed by atoms with Gasteiger partial charge in [0.05, 0.1) is 5.69 Å². The van der Waals surface area contributed by atoms with Gasteiger partial charge in [0.15, 0.2) is 5.75 Å². The Balaban J connectivity index is 1.76. The summed E-state index contributed by atoms with van der Waals surface area (Å²) in [7, 11) is 0. The minimum Gasteiger partial charge on any atom is -0.502 e. The van der Waals surface area contributed by atoms with E-state index in [0.717, 1.165) is 25.7 Å². The first-order chi connectivity index (χ1) is 8.72. The van der Waals surface area contributed by atoms with Crippen LogP contribution in [0.4, 0.5) is 0 Å². The quantitative estimate of drug-likeness (QED) is 0.888. The van der Waals surface area contributed by atoms with E-state index in [4.69, 9.17) is 9.47 Å². The minimum atomic E-state index is 0.0304. The lowest BCUT2D eigenvalue weighted by atomic mass is 9.96. The second-order valence-corrected chi connectivity index (χ2v) is 5.09. The summed E-state index contributed by atoms with van der Waals surface area (Å²) in [4.78, 5) is 8.31. The van der Waals surface area contributed by atoms with E-state index >= 15 is 0 Å². The number of ether oxygens (including phenoxy) is 2. The van der Waals surface area contributed by atoms with Crippen molar-refractivity contribution in [1.29, 1.82) is 0 Å². The van der Waals surface area contributed by atoms with Crippen molar-refractivity contribution >= 4 is 0 Å². The van der Waals surface area contributed by atoms with E-state index in [1.807, 2.05) is 0 Å². The van der Waals surface area contributed by atoms with Gasteiger partial charge in [-0.2, -0.15) is 9.97 Å². The summed E-state index contributed by atoms with van der Waals surface area (Å²) in [5, 5.41) is 9.89. The maximum absolute atomic E-state index is 9.89.